The van der Waals surface area contributed by atoms with Gasteiger partial charge in [0.25, 0.3) is 5.91 Å². The van der Waals surface area contributed by atoms with Crippen LogP contribution in [-0.2, 0) is 0 Å². The number of nitrogens with zero attached hydrogens (tertiary/aromatic N) is 1. The summed E-state index contributed by atoms with van der Waals surface area (Å²) in [4.78, 5) is 12.2. The third-order valence-corrected chi connectivity index (χ3v) is 3.61. The summed E-state index contributed by atoms with van der Waals surface area (Å²) in [5.74, 6) is -0.296. The van der Waals surface area contributed by atoms with Crippen molar-refractivity contribution < 1.29 is 4.79 Å². The summed E-state index contributed by atoms with van der Waals surface area (Å²) >= 11 is 6.03. The maximum atomic E-state index is 12.2. The maximum Gasteiger partial charge on any atom is 0.272 e. The van der Waals surface area contributed by atoms with Crippen molar-refractivity contribution in [1.29, 1.82) is 0 Å². The normalized spacial score (nSPS) is 11.3. The highest BCUT2D eigenvalue weighted by molar-refractivity contribution is 6.33. The SMILES string of the molecule is CCCC/C(=N/NC(=O)c1ccccc1Cl)c1ccccc1. The van der Waals surface area contributed by atoms with Crippen molar-refractivity contribution in [1.82, 2.24) is 5.43 Å². The summed E-state index contributed by atoms with van der Waals surface area (Å²) < 4.78 is 0. The molecule has 0 spiro atoms. The summed E-state index contributed by atoms with van der Waals surface area (Å²) in [5, 5.41) is 4.73. The molecule has 2 rings (SSSR count). The van der Waals surface area contributed by atoms with E-state index in [2.05, 4.69) is 17.5 Å². The van der Waals surface area contributed by atoms with Crippen molar-refractivity contribution >= 4 is 23.2 Å². The molecule has 2 aromatic rings. The summed E-state index contributed by atoms with van der Waals surface area (Å²) in [6, 6.07) is 16.8. The molecule has 1 N–H and O–H groups in total. The summed E-state index contributed by atoms with van der Waals surface area (Å²) in [6.07, 6.45) is 2.92. The molecule has 0 saturated heterocycles. The molecular weight excluding hydrogens is 296 g/mol. The average Bonchev–Trinajstić information content (AvgIpc) is 2.56. The first-order chi connectivity index (χ1) is 10.7. The number of carbonyl (C=O) groups is 1. The zero-order valence-electron chi connectivity index (χ0n) is 12.6. The Balaban J connectivity index is 2.16. The van der Waals surface area contributed by atoms with Crippen LogP contribution < -0.4 is 5.43 Å². The molecule has 0 fully saturated rings. The fourth-order valence-corrected chi connectivity index (χ4v) is 2.28. The molecule has 114 valence electrons. The van der Waals surface area contributed by atoms with Crippen LogP contribution in [0, 0.1) is 0 Å². The minimum atomic E-state index is -0.296. The van der Waals surface area contributed by atoms with E-state index in [1.165, 1.54) is 0 Å². The topological polar surface area (TPSA) is 41.5 Å². The minimum absolute atomic E-state index is 0.296. The highest BCUT2D eigenvalue weighted by Gasteiger charge is 2.09. The van der Waals surface area contributed by atoms with Gasteiger partial charge in [0.15, 0.2) is 0 Å². The number of nitrogens with one attached hydrogen (secondary N) is 1. The maximum absolute atomic E-state index is 12.2. The van der Waals surface area contributed by atoms with Gasteiger partial charge in [0.2, 0.25) is 0 Å². The van der Waals surface area contributed by atoms with Crippen LogP contribution in [0.1, 0.15) is 42.1 Å². The van der Waals surface area contributed by atoms with Gasteiger partial charge in [0.05, 0.1) is 16.3 Å². The van der Waals surface area contributed by atoms with E-state index in [0.29, 0.717) is 10.6 Å². The van der Waals surface area contributed by atoms with Crippen LogP contribution in [0.15, 0.2) is 59.7 Å². The van der Waals surface area contributed by atoms with Gasteiger partial charge in [-0.25, -0.2) is 5.43 Å². The lowest BCUT2D eigenvalue weighted by molar-refractivity contribution is 0.0955. The van der Waals surface area contributed by atoms with E-state index < -0.39 is 0 Å². The van der Waals surface area contributed by atoms with Gasteiger partial charge < -0.3 is 0 Å². The van der Waals surface area contributed by atoms with E-state index in [0.717, 1.165) is 30.5 Å². The lowest BCUT2D eigenvalue weighted by atomic mass is 10.1. The molecule has 4 heteroatoms. The third kappa shape index (κ3) is 4.43. The highest BCUT2D eigenvalue weighted by Crippen LogP contribution is 2.14. The summed E-state index contributed by atoms with van der Waals surface area (Å²) in [6.45, 7) is 2.13. The number of unbranched alkanes of at least 4 members (excludes halogenated alkanes) is 1. The first-order valence-corrected chi connectivity index (χ1v) is 7.77. The molecule has 0 unspecified atom stereocenters. The zero-order valence-corrected chi connectivity index (χ0v) is 13.3. The first-order valence-electron chi connectivity index (χ1n) is 7.39. The van der Waals surface area contributed by atoms with Gasteiger partial charge >= 0.3 is 0 Å². The molecular formula is C18H19ClN2O. The second-order valence-electron chi connectivity index (χ2n) is 4.95. The highest BCUT2D eigenvalue weighted by atomic mass is 35.5. The van der Waals surface area contributed by atoms with Gasteiger partial charge in [-0.05, 0) is 30.5 Å². The van der Waals surface area contributed by atoms with Crippen LogP contribution in [0.25, 0.3) is 0 Å². The number of hydrazone groups is 1. The van der Waals surface area contributed by atoms with Crippen LogP contribution in [0.4, 0.5) is 0 Å². The van der Waals surface area contributed by atoms with E-state index in [9.17, 15) is 4.79 Å². The van der Waals surface area contributed by atoms with E-state index >= 15 is 0 Å². The Hall–Kier alpha value is -2.13. The molecule has 0 aliphatic carbocycles. The Morgan fingerprint density at radius 1 is 1.09 bits per heavy atom. The molecule has 1 amide bonds. The van der Waals surface area contributed by atoms with Crippen molar-refractivity contribution in [3.05, 3.63) is 70.7 Å². The zero-order chi connectivity index (χ0) is 15.8. The van der Waals surface area contributed by atoms with Gasteiger partial charge in [-0.2, -0.15) is 5.10 Å². The van der Waals surface area contributed by atoms with Crippen molar-refractivity contribution in [3.8, 4) is 0 Å². The largest absolute Gasteiger partial charge is 0.272 e. The number of rotatable bonds is 6. The van der Waals surface area contributed by atoms with Crippen molar-refractivity contribution in [2.24, 2.45) is 5.10 Å². The fraction of sp³-hybridized carbons (Fsp3) is 0.222. The van der Waals surface area contributed by atoms with E-state index in [-0.39, 0.29) is 5.91 Å². The van der Waals surface area contributed by atoms with E-state index in [1.807, 2.05) is 30.3 Å². The molecule has 0 atom stereocenters. The van der Waals surface area contributed by atoms with Gasteiger partial charge in [0, 0.05) is 0 Å². The minimum Gasteiger partial charge on any atom is -0.267 e. The van der Waals surface area contributed by atoms with Gasteiger partial charge in [-0.15, -0.1) is 0 Å². The molecule has 2 aromatic carbocycles. The molecule has 0 heterocycles. The van der Waals surface area contributed by atoms with Crippen LogP contribution in [0.2, 0.25) is 5.02 Å². The number of benzene rings is 2. The molecule has 0 radical (unpaired) electrons. The van der Waals surface area contributed by atoms with Gasteiger partial charge in [-0.3, -0.25) is 4.79 Å². The Bertz CT molecular complexity index is 653. The van der Waals surface area contributed by atoms with Crippen molar-refractivity contribution in [3.63, 3.8) is 0 Å². The quantitative estimate of drug-likeness (QED) is 0.611. The lowest BCUT2D eigenvalue weighted by Gasteiger charge is -2.07. The van der Waals surface area contributed by atoms with Crippen LogP contribution in [0.5, 0.6) is 0 Å². The summed E-state index contributed by atoms with van der Waals surface area (Å²) in [5.41, 5.74) is 4.94. The Kier molecular flexibility index (Phi) is 6.16. The number of hydrogen-bond donors (Lipinski definition) is 1. The third-order valence-electron chi connectivity index (χ3n) is 3.29. The number of carbonyl (C=O) groups excluding carboxylic acids is 1. The van der Waals surface area contributed by atoms with E-state index in [4.69, 9.17) is 11.6 Å². The smallest absolute Gasteiger partial charge is 0.267 e. The Morgan fingerprint density at radius 2 is 1.77 bits per heavy atom. The van der Waals surface area contributed by atoms with Crippen LogP contribution in [-0.4, -0.2) is 11.6 Å². The predicted octanol–water partition coefficient (Wildman–Crippen LogP) is 4.66. The number of hydrogen-bond acceptors (Lipinski definition) is 2. The Labute approximate surface area is 136 Å². The molecule has 0 bridgehead atoms. The van der Waals surface area contributed by atoms with Crippen molar-refractivity contribution in [2.75, 3.05) is 0 Å². The molecule has 0 aliphatic heterocycles. The second-order valence-corrected chi connectivity index (χ2v) is 5.36. The molecule has 22 heavy (non-hydrogen) atoms. The Morgan fingerprint density at radius 3 is 2.45 bits per heavy atom. The van der Waals surface area contributed by atoms with Gasteiger partial charge in [-0.1, -0.05) is 67.4 Å². The molecule has 0 aromatic heterocycles. The molecule has 0 aliphatic rings. The number of halogens is 1. The number of amides is 1. The van der Waals surface area contributed by atoms with Crippen molar-refractivity contribution in [2.45, 2.75) is 26.2 Å². The first kappa shape index (κ1) is 16.2. The predicted molar refractivity (Wildman–Crippen MR) is 91.4 cm³/mol. The van der Waals surface area contributed by atoms with Crippen LogP contribution in [0.3, 0.4) is 0 Å². The second kappa shape index (κ2) is 8.35. The lowest BCUT2D eigenvalue weighted by Crippen LogP contribution is -2.20. The fourth-order valence-electron chi connectivity index (χ4n) is 2.06. The molecule has 0 saturated carbocycles. The van der Waals surface area contributed by atoms with E-state index in [1.54, 1.807) is 24.3 Å². The summed E-state index contributed by atoms with van der Waals surface area (Å²) in [7, 11) is 0. The van der Waals surface area contributed by atoms with Gasteiger partial charge in [0.1, 0.15) is 0 Å². The monoisotopic (exact) mass is 314 g/mol. The average molecular weight is 315 g/mol. The van der Waals surface area contributed by atoms with Crippen LogP contribution >= 0.6 is 11.6 Å². The molecule has 3 nitrogen and oxygen atoms in total. The standard InChI is InChI=1S/C18H19ClN2O/c1-2-3-13-17(14-9-5-4-6-10-14)20-21-18(22)15-11-7-8-12-16(15)19/h4-12H,2-3,13H2,1H3,(H,21,22)/b20-17-.